The fourth-order valence-electron chi connectivity index (χ4n) is 3.73. The summed E-state index contributed by atoms with van der Waals surface area (Å²) in [6, 6.07) is 15.4. The van der Waals surface area contributed by atoms with Crippen molar-refractivity contribution in [2.45, 2.75) is 51.9 Å². The van der Waals surface area contributed by atoms with Gasteiger partial charge in [-0.25, -0.2) is 4.99 Å². The van der Waals surface area contributed by atoms with Gasteiger partial charge in [0.15, 0.2) is 5.96 Å². The first-order valence-corrected chi connectivity index (χ1v) is 11.1. The maximum Gasteiger partial charge on any atom is 0.269 e. The molecule has 0 aromatic heterocycles. The van der Waals surface area contributed by atoms with Crippen molar-refractivity contribution in [2.75, 3.05) is 20.2 Å². The highest BCUT2D eigenvalue weighted by Crippen LogP contribution is 2.15. The Kier molecular flexibility index (Phi) is 10.9. The summed E-state index contributed by atoms with van der Waals surface area (Å²) < 4.78 is 5.22. The molecule has 0 atom stereocenters. The lowest BCUT2D eigenvalue weighted by atomic mass is 10.0. The van der Waals surface area contributed by atoms with E-state index in [2.05, 4.69) is 29.4 Å². The minimum absolute atomic E-state index is 0. The van der Waals surface area contributed by atoms with Crippen molar-refractivity contribution in [3.8, 4) is 5.75 Å². The molecular formula is C24H34IN5O3. The number of non-ortho nitro benzene ring substituents is 1. The van der Waals surface area contributed by atoms with Gasteiger partial charge >= 0.3 is 0 Å². The van der Waals surface area contributed by atoms with Gasteiger partial charge in [-0.2, -0.15) is 0 Å². The lowest BCUT2D eigenvalue weighted by Crippen LogP contribution is -2.49. The second-order valence-corrected chi connectivity index (χ2v) is 8.34. The number of nitrogens with zero attached hydrogens (tertiary/aromatic N) is 3. The molecule has 8 nitrogen and oxygen atoms in total. The first-order valence-electron chi connectivity index (χ1n) is 11.1. The molecule has 0 spiro atoms. The number of nitro groups is 1. The van der Waals surface area contributed by atoms with Crippen LogP contribution in [0.15, 0.2) is 53.5 Å². The van der Waals surface area contributed by atoms with E-state index in [4.69, 9.17) is 9.73 Å². The predicted molar refractivity (Wildman–Crippen MR) is 142 cm³/mol. The Balaban J connectivity index is 0.00000385. The monoisotopic (exact) mass is 567 g/mol. The molecule has 180 valence electrons. The number of likely N-dealkylation sites (tertiary alicyclic amines) is 1. The van der Waals surface area contributed by atoms with E-state index in [1.807, 2.05) is 24.3 Å². The molecule has 2 aromatic rings. The van der Waals surface area contributed by atoms with Gasteiger partial charge in [-0.1, -0.05) is 24.3 Å². The van der Waals surface area contributed by atoms with E-state index in [-0.39, 0.29) is 34.6 Å². The van der Waals surface area contributed by atoms with Crippen LogP contribution in [-0.2, 0) is 13.1 Å². The third kappa shape index (κ3) is 8.47. The molecule has 0 radical (unpaired) electrons. The molecule has 33 heavy (non-hydrogen) atoms. The van der Waals surface area contributed by atoms with Crippen molar-refractivity contribution >= 4 is 35.6 Å². The molecule has 0 unspecified atom stereocenters. The van der Waals surface area contributed by atoms with Crippen LogP contribution in [0.1, 0.15) is 37.8 Å². The molecule has 2 aromatic carbocycles. The molecule has 1 fully saturated rings. The molecule has 2 N–H and O–H groups in total. The molecule has 0 amide bonds. The van der Waals surface area contributed by atoms with E-state index in [0.29, 0.717) is 25.2 Å². The van der Waals surface area contributed by atoms with Crippen LogP contribution in [0.3, 0.4) is 0 Å². The van der Waals surface area contributed by atoms with E-state index >= 15 is 0 Å². The molecule has 1 aliphatic heterocycles. The SMILES string of the molecule is COc1ccc(CN=C(NCc2ccc([N+](=O)[O-])cc2)NC2CCN(C(C)C)CC2)cc1.I. The smallest absolute Gasteiger partial charge is 0.269 e. The van der Waals surface area contributed by atoms with Gasteiger partial charge in [0.05, 0.1) is 18.6 Å². The van der Waals surface area contributed by atoms with Gasteiger partial charge in [0.25, 0.3) is 5.69 Å². The lowest BCUT2D eigenvalue weighted by Gasteiger charge is -2.35. The zero-order chi connectivity index (χ0) is 22.9. The van der Waals surface area contributed by atoms with Crippen LogP contribution >= 0.6 is 24.0 Å². The first-order chi connectivity index (χ1) is 15.4. The number of piperidine rings is 1. The summed E-state index contributed by atoms with van der Waals surface area (Å²) in [5.74, 6) is 1.58. The van der Waals surface area contributed by atoms with E-state index < -0.39 is 0 Å². The summed E-state index contributed by atoms with van der Waals surface area (Å²) in [7, 11) is 1.65. The Bertz CT molecular complexity index is 895. The number of hydrogen-bond donors (Lipinski definition) is 2. The molecule has 1 saturated heterocycles. The van der Waals surface area contributed by atoms with Crippen molar-refractivity contribution in [2.24, 2.45) is 4.99 Å². The van der Waals surface area contributed by atoms with Crippen LogP contribution in [0.4, 0.5) is 5.69 Å². The van der Waals surface area contributed by atoms with Crippen LogP contribution in [0, 0.1) is 10.1 Å². The highest BCUT2D eigenvalue weighted by molar-refractivity contribution is 14.0. The van der Waals surface area contributed by atoms with Crippen LogP contribution in [0.5, 0.6) is 5.75 Å². The van der Waals surface area contributed by atoms with Gasteiger partial charge in [0.1, 0.15) is 5.75 Å². The minimum atomic E-state index is -0.385. The number of guanidine groups is 1. The Labute approximate surface area is 213 Å². The van der Waals surface area contributed by atoms with Crippen molar-refractivity contribution < 1.29 is 9.66 Å². The number of methoxy groups -OCH3 is 1. The highest BCUT2D eigenvalue weighted by Gasteiger charge is 2.21. The summed E-state index contributed by atoms with van der Waals surface area (Å²) in [4.78, 5) is 17.8. The molecule has 0 bridgehead atoms. The molecule has 1 aliphatic rings. The number of hydrogen-bond acceptors (Lipinski definition) is 5. The molecule has 9 heteroatoms. The van der Waals surface area contributed by atoms with Gasteiger partial charge in [-0.3, -0.25) is 10.1 Å². The maximum absolute atomic E-state index is 10.9. The van der Waals surface area contributed by atoms with Gasteiger partial charge in [-0.15, -0.1) is 24.0 Å². The second kappa shape index (κ2) is 13.3. The number of ether oxygens (including phenoxy) is 1. The fraction of sp³-hybridized carbons (Fsp3) is 0.458. The van der Waals surface area contributed by atoms with Crippen LogP contribution in [0.25, 0.3) is 0 Å². The Morgan fingerprint density at radius 1 is 1.12 bits per heavy atom. The zero-order valence-electron chi connectivity index (χ0n) is 19.5. The Hall–Kier alpha value is -2.40. The summed E-state index contributed by atoms with van der Waals surface area (Å²) in [6.45, 7) is 7.71. The van der Waals surface area contributed by atoms with E-state index in [1.54, 1.807) is 19.2 Å². The van der Waals surface area contributed by atoms with Crippen molar-refractivity contribution in [3.05, 3.63) is 69.8 Å². The lowest BCUT2D eigenvalue weighted by molar-refractivity contribution is -0.384. The number of benzene rings is 2. The maximum atomic E-state index is 10.9. The van der Waals surface area contributed by atoms with E-state index in [1.165, 1.54) is 12.1 Å². The first kappa shape index (κ1) is 26.8. The van der Waals surface area contributed by atoms with Crippen LogP contribution in [0.2, 0.25) is 0 Å². The van der Waals surface area contributed by atoms with Gasteiger partial charge in [-0.05, 0) is 49.9 Å². The molecule has 3 rings (SSSR count). The predicted octanol–water partition coefficient (Wildman–Crippen LogP) is 4.33. The summed E-state index contributed by atoms with van der Waals surface area (Å²) >= 11 is 0. The Morgan fingerprint density at radius 3 is 2.27 bits per heavy atom. The average Bonchev–Trinajstić information content (AvgIpc) is 2.81. The van der Waals surface area contributed by atoms with Crippen LogP contribution < -0.4 is 15.4 Å². The molecular weight excluding hydrogens is 533 g/mol. The largest absolute Gasteiger partial charge is 0.497 e. The van der Waals surface area contributed by atoms with Crippen molar-refractivity contribution in [1.82, 2.24) is 15.5 Å². The number of aliphatic imine (C=N–C) groups is 1. The minimum Gasteiger partial charge on any atom is -0.497 e. The van der Waals surface area contributed by atoms with Gasteiger partial charge in [0.2, 0.25) is 0 Å². The zero-order valence-corrected chi connectivity index (χ0v) is 21.8. The third-order valence-corrected chi connectivity index (χ3v) is 5.79. The number of nitrogens with one attached hydrogen (secondary N) is 2. The molecule has 1 heterocycles. The molecule has 0 saturated carbocycles. The second-order valence-electron chi connectivity index (χ2n) is 8.34. The van der Waals surface area contributed by atoms with Crippen molar-refractivity contribution in [3.63, 3.8) is 0 Å². The van der Waals surface area contributed by atoms with Gasteiger partial charge in [0, 0.05) is 43.9 Å². The quantitative estimate of drug-likeness (QED) is 0.162. The molecule has 0 aliphatic carbocycles. The topological polar surface area (TPSA) is 92.0 Å². The number of halogens is 1. The summed E-state index contributed by atoms with van der Waals surface area (Å²) in [5.41, 5.74) is 2.15. The third-order valence-electron chi connectivity index (χ3n) is 5.79. The number of nitro benzene ring substituents is 1. The highest BCUT2D eigenvalue weighted by atomic mass is 127. The van der Waals surface area contributed by atoms with Crippen molar-refractivity contribution in [1.29, 1.82) is 0 Å². The van der Waals surface area contributed by atoms with E-state index in [9.17, 15) is 10.1 Å². The number of rotatable bonds is 8. The Morgan fingerprint density at radius 2 is 1.73 bits per heavy atom. The summed E-state index contributed by atoms with van der Waals surface area (Å²) in [5, 5.41) is 17.9. The summed E-state index contributed by atoms with van der Waals surface area (Å²) in [6.07, 6.45) is 2.14. The van der Waals surface area contributed by atoms with Gasteiger partial charge < -0.3 is 20.3 Å². The normalized spacial score (nSPS) is 15.1. The average molecular weight is 567 g/mol. The van der Waals surface area contributed by atoms with E-state index in [0.717, 1.165) is 48.8 Å². The standard InChI is InChI=1S/C24H33N5O3.HI/c1-18(2)28-14-12-21(13-15-28)27-24(26-17-20-6-10-23(32-3)11-7-20)25-16-19-4-8-22(9-5-19)29(30)31;/h4-11,18,21H,12-17H2,1-3H3,(H2,25,26,27);1H. The van der Waals surface area contributed by atoms with Crippen LogP contribution in [-0.4, -0.2) is 48.1 Å². The fourth-order valence-corrected chi connectivity index (χ4v) is 3.73.